The molecule has 1 aliphatic carbocycles. The number of aliphatic hydroxyl groups is 1. The lowest BCUT2D eigenvalue weighted by atomic mass is 9.66. The van der Waals surface area contributed by atoms with Crippen LogP contribution in [0.25, 0.3) is 0 Å². The monoisotopic (exact) mass is 184 g/mol. The van der Waals surface area contributed by atoms with Crippen molar-refractivity contribution in [3.8, 4) is 0 Å². The molecule has 1 aromatic heterocycles. The summed E-state index contributed by atoms with van der Waals surface area (Å²) in [6.07, 6.45) is -0.265. The van der Waals surface area contributed by atoms with E-state index in [1.54, 1.807) is 0 Å². The number of aromatic amines is 1. The lowest BCUT2D eigenvalue weighted by molar-refractivity contribution is -0.153. The van der Waals surface area contributed by atoms with Crippen LogP contribution in [0, 0.1) is 0 Å². The molecule has 1 saturated carbocycles. The molecule has 7 nitrogen and oxygen atoms in total. The second-order valence-electron chi connectivity index (χ2n) is 3.18. The van der Waals surface area contributed by atoms with Gasteiger partial charge in [0.25, 0.3) is 0 Å². The molecule has 1 aromatic rings. The van der Waals surface area contributed by atoms with Gasteiger partial charge in [-0.3, -0.25) is 4.79 Å². The third kappa shape index (κ3) is 1.00. The minimum Gasteiger partial charge on any atom is -0.480 e. The minimum absolute atomic E-state index is 0.144. The van der Waals surface area contributed by atoms with Crippen LogP contribution >= 0.6 is 0 Å². The van der Waals surface area contributed by atoms with Gasteiger partial charge in [0.1, 0.15) is 5.41 Å². The fourth-order valence-corrected chi connectivity index (χ4v) is 1.56. The van der Waals surface area contributed by atoms with Crippen LogP contribution in [0.3, 0.4) is 0 Å². The molecule has 1 aliphatic rings. The number of carbonyl (C=O) groups is 1. The first-order valence-electron chi connectivity index (χ1n) is 3.80. The Bertz CT molecular complexity index is 317. The SMILES string of the molecule is O=C(O)C1(c2nn[nH]n2)CC(O)C1. The molecule has 0 saturated heterocycles. The van der Waals surface area contributed by atoms with Gasteiger partial charge in [-0.2, -0.15) is 5.21 Å². The summed E-state index contributed by atoms with van der Waals surface area (Å²) >= 11 is 0. The van der Waals surface area contributed by atoms with Crippen molar-refractivity contribution in [2.45, 2.75) is 24.4 Å². The van der Waals surface area contributed by atoms with E-state index in [1.165, 1.54) is 0 Å². The molecule has 0 atom stereocenters. The van der Waals surface area contributed by atoms with Crippen LogP contribution in [0.15, 0.2) is 0 Å². The summed E-state index contributed by atoms with van der Waals surface area (Å²) in [5, 5.41) is 30.8. The summed E-state index contributed by atoms with van der Waals surface area (Å²) in [6, 6.07) is 0. The number of hydrogen-bond acceptors (Lipinski definition) is 5. The van der Waals surface area contributed by atoms with Crippen LogP contribution in [0.5, 0.6) is 0 Å². The standard InChI is InChI=1S/C6H8N4O3/c11-3-1-6(2-3,5(12)13)4-7-9-10-8-4/h3,11H,1-2H2,(H,12,13)(H,7,8,9,10). The Morgan fingerprint density at radius 3 is 2.69 bits per heavy atom. The van der Waals surface area contributed by atoms with Crippen LogP contribution in [-0.2, 0) is 10.2 Å². The molecule has 0 aliphatic heterocycles. The second-order valence-corrected chi connectivity index (χ2v) is 3.18. The van der Waals surface area contributed by atoms with E-state index in [4.69, 9.17) is 10.2 Å². The fourth-order valence-electron chi connectivity index (χ4n) is 1.56. The molecule has 1 fully saturated rings. The normalized spacial score (nSPS) is 32.5. The molecule has 0 unspecified atom stereocenters. The van der Waals surface area contributed by atoms with Gasteiger partial charge in [0.05, 0.1) is 6.10 Å². The Morgan fingerprint density at radius 1 is 1.62 bits per heavy atom. The molecule has 0 spiro atoms. The Kier molecular flexibility index (Phi) is 1.56. The first-order chi connectivity index (χ1) is 6.15. The predicted molar refractivity (Wildman–Crippen MR) is 38.7 cm³/mol. The minimum atomic E-state index is -1.13. The van der Waals surface area contributed by atoms with Crippen molar-refractivity contribution >= 4 is 5.97 Å². The molecule has 2 rings (SSSR count). The molecular weight excluding hydrogens is 176 g/mol. The van der Waals surface area contributed by atoms with E-state index in [-0.39, 0.29) is 18.7 Å². The third-order valence-corrected chi connectivity index (χ3v) is 2.35. The maximum Gasteiger partial charge on any atom is 0.317 e. The zero-order valence-corrected chi connectivity index (χ0v) is 6.64. The molecule has 3 N–H and O–H groups in total. The van der Waals surface area contributed by atoms with E-state index in [0.717, 1.165) is 0 Å². The third-order valence-electron chi connectivity index (χ3n) is 2.35. The van der Waals surface area contributed by atoms with E-state index in [0.29, 0.717) is 0 Å². The van der Waals surface area contributed by atoms with E-state index >= 15 is 0 Å². The van der Waals surface area contributed by atoms with Crippen molar-refractivity contribution in [1.82, 2.24) is 20.6 Å². The zero-order chi connectivity index (χ0) is 9.47. The van der Waals surface area contributed by atoms with Gasteiger partial charge >= 0.3 is 5.97 Å². The Labute approximate surface area is 72.8 Å². The summed E-state index contributed by atoms with van der Waals surface area (Å²) in [4.78, 5) is 10.9. The molecule has 0 radical (unpaired) electrons. The molecule has 7 heteroatoms. The predicted octanol–water partition coefficient (Wildman–Crippen LogP) is -1.32. The van der Waals surface area contributed by atoms with Gasteiger partial charge in [0, 0.05) is 0 Å². The van der Waals surface area contributed by atoms with Crippen LogP contribution in [0.2, 0.25) is 0 Å². The number of H-pyrrole nitrogens is 1. The molecule has 0 bridgehead atoms. The van der Waals surface area contributed by atoms with Crippen molar-refractivity contribution in [3.63, 3.8) is 0 Å². The number of tetrazole rings is 1. The van der Waals surface area contributed by atoms with E-state index in [2.05, 4.69) is 20.6 Å². The fraction of sp³-hybridized carbons (Fsp3) is 0.667. The smallest absolute Gasteiger partial charge is 0.317 e. The molecular formula is C6H8N4O3. The largest absolute Gasteiger partial charge is 0.480 e. The van der Waals surface area contributed by atoms with Crippen LogP contribution in [0.1, 0.15) is 18.7 Å². The van der Waals surface area contributed by atoms with Gasteiger partial charge < -0.3 is 10.2 Å². The van der Waals surface area contributed by atoms with Gasteiger partial charge in [-0.1, -0.05) is 5.21 Å². The summed E-state index contributed by atoms with van der Waals surface area (Å²) in [5.41, 5.74) is -1.13. The van der Waals surface area contributed by atoms with Gasteiger partial charge in [-0.15, -0.1) is 10.2 Å². The van der Waals surface area contributed by atoms with E-state index in [9.17, 15) is 4.79 Å². The quantitative estimate of drug-likeness (QED) is 0.525. The molecule has 1 heterocycles. The first kappa shape index (κ1) is 8.11. The van der Waals surface area contributed by atoms with Crippen LogP contribution < -0.4 is 0 Å². The lowest BCUT2D eigenvalue weighted by Gasteiger charge is -2.38. The average molecular weight is 184 g/mol. The highest BCUT2D eigenvalue weighted by molar-refractivity contribution is 5.81. The number of aliphatic carboxylic acids is 1. The number of carboxylic acid groups (broad SMARTS) is 1. The van der Waals surface area contributed by atoms with Gasteiger partial charge in [0.2, 0.25) is 0 Å². The van der Waals surface area contributed by atoms with Crippen molar-refractivity contribution in [2.24, 2.45) is 0 Å². The first-order valence-corrected chi connectivity index (χ1v) is 3.80. The van der Waals surface area contributed by atoms with Gasteiger partial charge in [-0.25, -0.2) is 0 Å². The Hall–Kier alpha value is -1.50. The van der Waals surface area contributed by atoms with Crippen molar-refractivity contribution < 1.29 is 15.0 Å². The highest BCUT2D eigenvalue weighted by Crippen LogP contribution is 2.42. The number of carboxylic acids is 1. The van der Waals surface area contributed by atoms with E-state index < -0.39 is 17.5 Å². The van der Waals surface area contributed by atoms with Crippen molar-refractivity contribution in [2.75, 3.05) is 0 Å². The highest BCUT2D eigenvalue weighted by Gasteiger charge is 2.54. The highest BCUT2D eigenvalue weighted by atomic mass is 16.4. The summed E-state index contributed by atoms with van der Waals surface area (Å²) in [7, 11) is 0. The topological polar surface area (TPSA) is 112 Å². The zero-order valence-electron chi connectivity index (χ0n) is 6.64. The number of rotatable bonds is 2. The molecule has 70 valence electrons. The van der Waals surface area contributed by atoms with Crippen molar-refractivity contribution in [3.05, 3.63) is 5.82 Å². The Morgan fingerprint density at radius 2 is 2.31 bits per heavy atom. The summed E-state index contributed by atoms with van der Waals surface area (Å²) in [6.45, 7) is 0. The summed E-state index contributed by atoms with van der Waals surface area (Å²) in [5.74, 6) is -0.871. The van der Waals surface area contributed by atoms with Crippen LogP contribution in [-0.4, -0.2) is 42.9 Å². The second kappa shape index (κ2) is 2.49. The van der Waals surface area contributed by atoms with Gasteiger partial charge in [-0.05, 0) is 12.8 Å². The number of nitrogens with one attached hydrogen (secondary N) is 1. The lowest BCUT2D eigenvalue weighted by Crippen LogP contribution is -2.51. The number of hydrogen-bond donors (Lipinski definition) is 3. The molecule has 13 heavy (non-hydrogen) atoms. The van der Waals surface area contributed by atoms with Gasteiger partial charge in [0.15, 0.2) is 5.82 Å². The Balaban J connectivity index is 2.31. The van der Waals surface area contributed by atoms with Crippen molar-refractivity contribution in [1.29, 1.82) is 0 Å². The molecule has 0 amide bonds. The number of nitrogens with zero attached hydrogens (tertiary/aromatic N) is 3. The number of aliphatic hydroxyl groups excluding tert-OH is 1. The van der Waals surface area contributed by atoms with Crippen LogP contribution in [0.4, 0.5) is 0 Å². The average Bonchev–Trinajstić information content (AvgIpc) is 2.49. The van der Waals surface area contributed by atoms with E-state index in [1.807, 2.05) is 0 Å². The summed E-state index contributed by atoms with van der Waals surface area (Å²) < 4.78 is 0. The molecule has 0 aromatic carbocycles. The number of aromatic nitrogens is 4. The maximum absolute atomic E-state index is 10.9. The maximum atomic E-state index is 10.9.